The van der Waals surface area contributed by atoms with Crippen molar-refractivity contribution >= 4 is 44.3 Å². The number of aromatic nitrogens is 2. The third kappa shape index (κ3) is 2.88. The van der Waals surface area contributed by atoms with Crippen LogP contribution in [0.15, 0.2) is 36.4 Å². The highest BCUT2D eigenvalue weighted by molar-refractivity contribution is 7.28. The van der Waals surface area contributed by atoms with Crippen LogP contribution in [0, 0.1) is 27.7 Å². The van der Waals surface area contributed by atoms with Gasteiger partial charge in [-0.3, -0.25) is 9.59 Å². The molecule has 7 rings (SSSR count). The van der Waals surface area contributed by atoms with E-state index in [1.54, 1.807) is 11.3 Å². The van der Waals surface area contributed by atoms with Gasteiger partial charge in [0.25, 0.3) is 0 Å². The van der Waals surface area contributed by atoms with Crippen LogP contribution in [0.4, 0.5) is 0 Å². The van der Waals surface area contributed by atoms with Crippen LogP contribution in [-0.4, -0.2) is 21.5 Å². The highest BCUT2D eigenvalue weighted by Crippen LogP contribution is 2.52. The third-order valence-electron chi connectivity index (χ3n) is 7.99. The number of ketones is 2. The van der Waals surface area contributed by atoms with Crippen LogP contribution in [0.5, 0.6) is 0 Å². The molecule has 0 saturated heterocycles. The fourth-order valence-corrected chi connectivity index (χ4v) is 8.51. The zero-order chi connectivity index (χ0) is 26.0. The molecule has 0 bridgehead atoms. The van der Waals surface area contributed by atoms with E-state index in [1.165, 1.54) is 39.2 Å². The standard InChI is InChI=1S/C31H24N2O2S2/c1-13-7-9-18-19-10-8-17(12-21(19)31(5,6)20(18)11-13)28-30-22(16(4)36-28)23-26(34)24-25(27(35)29(23)37-30)33-15(3)14(2)32-24/h7-12H,1-6H3. The molecule has 0 atom stereocenters. The Hall–Kier alpha value is -3.48. The lowest BCUT2D eigenvalue weighted by molar-refractivity contribution is 0.0975. The number of aryl methyl sites for hydroxylation is 4. The van der Waals surface area contributed by atoms with Crippen LogP contribution < -0.4 is 0 Å². The number of carbonyl (C=O) groups is 2. The van der Waals surface area contributed by atoms with Crippen LogP contribution in [0.25, 0.3) is 31.7 Å². The molecular weight excluding hydrogens is 496 g/mol. The molecule has 0 spiro atoms. The molecule has 2 aliphatic carbocycles. The fraction of sp³-hybridized carbons (Fsp3) is 0.226. The molecule has 0 radical (unpaired) electrons. The molecule has 3 aromatic heterocycles. The average molecular weight is 521 g/mol. The lowest BCUT2D eigenvalue weighted by atomic mass is 9.81. The van der Waals surface area contributed by atoms with E-state index in [4.69, 9.17) is 0 Å². The van der Waals surface area contributed by atoms with Crippen LogP contribution in [0.2, 0.25) is 0 Å². The lowest BCUT2D eigenvalue weighted by Gasteiger charge is -2.22. The summed E-state index contributed by atoms with van der Waals surface area (Å²) in [5.41, 5.74) is 9.75. The molecule has 6 heteroatoms. The van der Waals surface area contributed by atoms with Crippen LogP contribution in [0.3, 0.4) is 0 Å². The summed E-state index contributed by atoms with van der Waals surface area (Å²) in [5, 5.41) is 0.891. The summed E-state index contributed by atoms with van der Waals surface area (Å²) in [6.07, 6.45) is 0. The first-order chi connectivity index (χ1) is 17.6. The number of thiophene rings is 2. The number of fused-ring (bicyclic) bond motifs is 7. The van der Waals surface area contributed by atoms with Crippen LogP contribution in [0.1, 0.15) is 78.2 Å². The van der Waals surface area contributed by atoms with E-state index in [0.717, 1.165) is 25.4 Å². The zero-order valence-corrected chi connectivity index (χ0v) is 23.1. The van der Waals surface area contributed by atoms with Crippen molar-refractivity contribution in [1.82, 2.24) is 9.97 Å². The van der Waals surface area contributed by atoms with Gasteiger partial charge >= 0.3 is 0 Å². The Morgan fingerprint density at radius 3 is 2.05 bits per heavy atom. The number of hydrogen-bond donors (Lipinski definition) is 0. The number of benzene rings is 2. The number of rotatable bonds is 1. The smallest absolute Gasteiger partial charge is 0.224 e. The van der Waals surface area contributed by atoms with E-state index in [2.05, 4.69) is 67.1 Å². The maximum Gasteiger partial charge on any atom is 0.224 e. The summed E-state index contributed by atoms with van der Waals surface area (Å²) < 4.78 is 1.000. The van der Waals surface area contributed by atoms with E-state index in [-0.39, 0.29) is 28.4 Å². The van der Waals surface area contributed by atoms with Crippen molar-refractivity contribution in [3.63, 3.8) is 0 Å². The Bertz CT molecular complexity index is 1890. The molecule has 0 unspecified atom stereocenters. The Kier molecular flexibility index (Phi) is 4.48. The second kappa shape index (κ2) is 7.30. The fourth-order valence-electron chi connectivity index (χ4n) is 5.88. The van der Waals surface area contributed by atoms with Gasteiger partial charge in [0.15, 0.2) is 0 Å². The second-order valence-electron chi connectivity index (χ2n) is 10.7. The van der Waals surface area contributed by atoms with Gasteiger partial charge in [0.05, 0.1) is 31.4 Å². The predicted octanol–water partition coefficient (Wildman–Crippen LogP) is 7.74. The van der Waals surface area contributed by atoms with Gasteiger partial charge in [-0.1, -0.05) is 49.7 Å². The Balaban J connectivity index is 1.43. The summed E-state index contributed by atoms with van der Waals surface area (Å²) in [4.78, 5) is 38.7. The molecule has 0 aliphatic heterocycles. The third-order valence-corrected chi connectivity index (χ3v) is 10.5. The minimum atomic E-state index is -0.197. The number of hydrogen-bond acceptors (Lipinski definition) is 6. The maximum atomic E-state index is 13.6. The van der Waals surface area contributed by atoms with E-state index in [9.17, 15) is 9.59 Å². The topological polar surface area (TPSA) is 59.9 Å². The number of carbonyl (C=O) groups excluding carboxylic acids is 2. The van der Waals surface area contributed by atoms with Crippen molar-refractivity contribution < 1.29 is 9.59 Å². The summed E-state index contributed by atoms with van der Waals surface area (Å²) in [6, 6.07) is 13.4. The van der Waals surface area contributed by atoms with Gasteiger partial charge in [0.2, 0.25) is 11.6 Å². The Morgan fingerprint density at radius 2 is 1.35 bits per heavy atom. The minimum absolute atomic E-state index is 0.104. The van der Waals surface area contributed by atoms with Gasteiger partial charge in [-0.15, -0.1) is 22.7 Å². The quantitative estimate of drug-likeness (QED) is 0.223. The van der Waals surface area contributed by atoms with Crippen molar-refractivity contribution in [3.8, 4) is 21.6 Å². The van der Waals surface area contributed by atoms with Crippen LogP contribution in [-0.2, 0) is 5.41 Å². The van der Waals surface area contributed by atoms with Gasteiger partial charge in [-0.05, 0) is 61.6 Å². The van der Waals surface area contributed by atoms with Crippen LogP contribution >= 0.6 is 22.7 Å². The number of nitrogens with zero attached hydrogens (tertiary/aromatic N) is 2. The minimum Gasteiger partial charge on any atom is -0.287 e. The first-order valence-corrected chi connectivity index (χ1v) is 14.0. The first-order valence-electron chi connectivity index (χ1n) is 12.3. The maximum absolute atomic E-state index is 13.6. The van der Waals surface area contributed by atoms with Gasteiger partial charge in [-0.2, -0.15) is 0 Å². The van der Waals surface area contributed by atoms with Crippen molar-refractivity contribution in [2.75, 3.05) is 0 Å². The summed E-state index contributed by atoms with van der Waals surface area (Å²) in [5.74, 6) is -0.391. The van der Waals surface area contributed by atoms with Crippen molar-refractivity contribution in [3.05, 3.63) is 91.2 Å². The van der Waals surface area contributed by atoms with Crippen molar-refractivity contribution in [2.24, 2.45) is 0 Å². The molecule has 5 aromatic rings. The van der Waals surface area contributed by atoms with E-state index < -0.39 is 0 Å². The van der Waals surface area contributed by atoms with Gasteiger partial charge in [-0.25, -0.2) is 9.97 Å². The molecule has 182 valence electrons. The van der Waals surface area contributed by atoms with Gasteiger partial charge in [0, 0.05) is 15.7 Å². The largest absolute Gasteiger partial charge is 0.287 e. The predicted molar refractivity (Wildman–Crippen MR) is 151 cm³/mol. The first kappa shape index (κ1) is 22.7. The SMILES string of the molecule is Cc1ccc2c(c1)C(C)(C)c1cc(-c3sc(C)c4c5c(sc34)C(=O)c3nc(C)c(C)nc3C5=O)ccc1-2. The molecule has 0 N–H and O–H groups in total. The molecule has 0 saturated carbocycles. The zero-order valence-electron chi connectivity index (χ0n) is 21.5. The highest BCUT2D eigenvalue weighted by atomic mass is 32.1. The monoisotopic (exact) mass is 520 g/mol. The van der Waals surface area contributed by atoms with E-state index in [1.807, 2.05) is 20.8 Å². The van der Waals surface area contributed by atoms with E-state index >= 15 is 0 Å². The van der Waals surface area contributed by atoms with Gasteiger partial charge in [0.1, 0.15) is 11.4 Å². The summed E-state index contributed by atoms with van der Waals surface area (Å²) in [7, 11) is 0. The lowest BCUT2D eigenvalue weighted by Crippen LogP contribution is -2.23. The Morgan fingerprint density at radius 1 is 0.730 bits per heavy atom. The van der Waals surface area contributed by atoms with Crippen molar-refractivity contribution in [2.45, 2.75) is 47.0 Å². The molecule has 2 aliphatic rings. The Labute approximate surface area is 223 Å². The average Bonchev–Trinajstić information content (AvgIpc) is 3.48. The molecule has 2 aromatic carbocycles. The molecule has 37 heavy (non-hydrogen) atoms. The molecular formula is C31H24N2O2S2. The second-order valence-corrected chi connectivity index (χ2v) is 12.9. The molecule has 0 amide bonds. The normalized spacial score (nSPS) is 15.1. The molecule has 0 fully saturated rings. The van der Waals surface area contributed by atoms with Gasteiger partial charge < -0.3 is 0 Å². The highest BCUT2D eigenvalue weighted by Gasteiger charge is 2.39. The summed E-state index contributed by atoms with van der Waals surface area (Å²) in [6.45, 7) is 12.4. The van der Waals surface area contributed by atoms with E-state index in [0.29, 0.717) is 21.8 Å². The van der Waals surface area contributed by atoms with Crippen molar-refractivity contribution in [1.29, 1.82) is 0 Å². The molecule has 4 nitrogen and oxygen atoms in total. The molecule has 3 heterocycles. The summed E-state index contributed by atoms with van der Waals surface area (Å²) >= 11 is 3.12.